The van der Waals surface area contributed by atoms with Crippen molar-refractivity contribution in [2.24, 2.45) is 0 Å². The molecule has 0 aliphatic heterocycles. The lowest BCUT2D eigenvalue weighted by molar-refractivity contribution is 0.0322. The smallest absolute Gasteiger partial charge is 0.137 e. The summed E-state index contributed by atoms with van der Waals surface area (Å²) < 4.78 is 2.10. The Kier molecular flexibility index (Phi) is 4.22. The topological polar surface area (TPSA) is 49.6 Å². The molecule has 2 rings (SSSR count). The summed E-state index contributed by atoms with van der Waals surface area (Å²) in [5.74, 6) is 0. The highest BCUT2D eigenvalue weighted by molar-refractivity contribution is 5.42. The number of rotatable bonds is 6. The molecular formula is C15H23N3O. The van der Waals surface area contributed by atoms with E-state index in [-0.39, 0.29) is 0 Å². The SMILES string of the molecule is CCC(O)(CC)CNCc1c(C)nc2ccccn12. The number of fused-ring (bicyclic) bond motifs is 1. The Labute approximate surface area is 114 Å². The fourth-order valence-corrected chi connectivity index (χ4v) is 2.29. The number of aromatic nitrogens is 2. The maximum absolute atomic E-state index is 10.3. The molecule has 2 N–H and O–H groups in total. The van der Waals surface area contributed by atoms with Gasteiger partial charge in [0.2, 0.25) is 0 Å². The van der Waals surface area contributed by atoms with Crippen LogP contribution in [-0.4, -0.2) is 26.6 Å². The van der Waals surface area contributed by atoms with Crippen LogP contribution in [0, 0.1) is 6.92 Å². The third-order valence-corrected chi connectivity index (χ3v) is 3.89. The predicted molar refractivity (Wildman–Crippen MR) is 77.2 cm³/mol. The molecule has 104 valence electrons. The van der Waals surface area contributed by atoms with Crippen molar-refractivity contribution in [2.75, 3.05) is 6.54 Å². The fourth-order valence-electron chi connectivity index (χ4n) is 2.29. The maximum Gasteiger partial charge on any atom is 0.137 e. The molecule has 0 atom stereocenters. The second-order valence-corrected chi connectivity index (χ2v) is 5.11. The highest BCUT2D eigenvalue weighted by Gasteiger charge is 2.21. The number of aryl methyl sites for hydroxylation is 1. The van der Waals surface area contributed by atoms with E-state index in [0.717, 1.165) is 36.4 Å². The highest BCUT2D eigenvalue weighted by atomic mass is 16.3. The molecule has 2 aromatic heterocycles. The molecule has 0 aromatic carbocycles. The van der Waals surface area contributed by atoms with Crippen LogP contribution in [0.25, 0.3) is 5.65 Å². The van der Waals surface area contributed by atoms with E-state index in [2.05, 4.69) is 14.7 Å². The average Bonchev–Trinajstić information content (AvgIpc) is 2.75. The summed E-state index contributed by atoms with van der Waals surface area (Å²) in [4.78, 5) is 4.53. The number of imidazole rings is 1. The monoisotopic (exact) mass is 261 g/mol. The van der Waals surface area contributed by atoms with Crippen LogP contribution in [0.15, 0.2) is 24.4 Å². The summed E-state index contributed by atoms with van der Waals surface area (Å²) in [5.41, 5.74) is 2.56. The number of nitrogens with zero attached hydrogens (tertiary/aromatic N) is 2. The number of aliphatic hydroxyl groups is 1. The van der Waals surface area contributed by atoms with E-state index in [1.165, 1.54) is 0 Å². The first-order valence-electron chi connectivity index (χ1n) is 6.95. The van der Waals surface area contributed by atoms with Gasteiger partial charge in [0.15, 0.2) is 0 Å². The zero-order valence-electron chi connectivity index (χ0n) is 12.0. The second kappa shape index (κ2) is 5.72. The van der Waals surface area contributed by atoms with Crippen LogP contribution in [0.1, 0.15) is 38.1 Å². The molecule has 2 heterocycles. The van der Waals surface area contributed by atoms with Crippen molar-refractivity contribution in [2.45, 2.75) is 45.8 Å². The molecule has 0 bridgehead atoms. The summed E-state index contributed by atoms with van der Waals surface area (Å²) in [6.45, 7) is 7.39. The summed E-state index contributed by atoms with van der Waals surface area (Å²) >= 11 is 0. The van der Waals surface area contributed by atoms with E-state index < -0.39 is 5.60 Å². The molecular weight excluding hydrogens is 238 g/mol. The molecule has 0 aliphatic carbocycles. The van der Waals surface area contributed by atoms with Gasteiger partial charge in [-0.3, -0.25) is 0 Å². The van der Waals surface area contributed by atoms with Crippen molar-refractivity contribution in [3.05, 3.63) is 35.8 Å². The van der Waals surface area contributed by atoms with E-state index >= 15 is 0 Å². The Hall–Kier alpha value is -1.39. The quantitative estimate of drug-likeness (QED) is 0.838. The summed E-state index contributed by atoms with van der Waals surface area (Å²) in [7, 11) is 0. The summed E-state index contributed by atoms with van der Waals surface area (Å²) in [6.07, 6.45) is 3.56. The van der Waals surface area contributed by atoms with Crippen LogP contribution >= 0.6 is 0 Å². The zero-order valence-corrected chi connectivity index (χ0v) is 12.0. The van der Waals surface area contributed by atoms with Gasteiger partial charge < -0.3 is 14.8 Å². The largest absolute Gasteiger partial charge is 0.389 e. The fraction of sp³-hybridized carbons (Fsp3) is 0.533. The van der Waals surface area contributed by atoms with Gasteiger partial charge >= 0.3 is 0 Å². The second-order valence-electron chi connectivity index (χ2n) is 5.11. The average molecular weight is 261 g/mol. The maximum atomic E-state index is 10.3. The van der Waals surface area contributed by atoms with Crippen LogP contribution in [0.5, 0.6) is 0 Å². The predicted octanol–water partition coefficient (Wildman–Crippen LogP) is 2.28. The third-order valence-electron chi connectivity index (χ3n) is 3.89. The van der Waals surface area contributed by atoms with E-state index in [4.69, 9.17) is 0 Å². The Morgan fingerprint density at radius 1 is 1.32 bits per heavy atom. The molecule has 0 fully saturated rings. The van der Waals surface area contributed by atoms with Crippen molar-refractivity contribution in [1.82, 2.24) is 14.7 Å². The van der Waals surface area contributed by atoms with Crippen LogP contribution in [0.2, 0.25) is 0 Å². The Morgan fingerprint density at radius 3 is 2.74 bits per heavy atom. The molecule has 0 amide bonds. The van der Waals surface area contributed by atoms with E-state index in [0.29, 0.717) is 6.54 Å². The van der Waals surface area contributed by atoms with Crippen molar-refractivity contribution in [3.8, 4) is 0 Å². The molecule has 0 saturated heterocycles. The molecule has 0 spiro atoms. The number of hydrogen-bond donors (Lipinski definition) is 2. The van der Waals surface area contributed by atoms with Crippen LogP contribution in [0.3, 0.4) is 0 Å². The van der Waals surface area contributed by atoms with Crippen LogP contribution < -0.4 is 5.32 Å². The molecule has 4 heteroatoms. The van der Waals surface area contributed by atoms with Crippen LogP contribution in [0.4, 0.5) is 0 Å². The van der Waals surface area contributed by atoms with Gasteiger partial charge in [-0.05, 0) is 31.9 Å². The lowest BCUT2D eigenvalue weighted by Crippen LogP contribution is -2.39. The summed E-state index contributed by atoms with van der Waals surface area (Å²) in [6, 6.07) is 6.00. The van der Waals surface area contributed by atoms with Crippen molar-refractivity contribution in [1.29, 1.82) is 0 Å². The molecule has 0 radical (unpaired) electrons. The number of hydrogen-bond acceptors (Lipinski definition) is 3. The van der Waals surface area contributed by atoms with E-state index in [1.54, 1.807) is 0 Å². The lowest BCUT2D eigenvalue weighted by atomic mass is 9.98. The minimum absolute atomic E-state index is 0.603. The normalized spacial score (nSPS) is 12.2. The van der Waals surface area contributed by atoms with E-state index in [9.17, 15) is 5.11 Å². The van der Waals surface area contributed by atoms with Gasteiger partial charge in [-0.1, -0.05) is 19.9 Å². The van der Waals surface area contributed by atoms with Gasteiger partial charge in [-0.15, -0.1) is 0 Å². The molecule has 19 heavy (non-hydrogen) atoms. The molecule has 0 unspecified atom stereocenters. The van der Waals surface area contributed by atoms with Crippen molar-refractivity contribution < 1.29 is 5.11 Å². The van der Waals surface area contributed by atoms with Gasteiger partial charge in [0, 0.05) is 19.3 Å². The first-order valence-corrected chi connectivity index (χ1v) is 6.95. The third kappa shape index (κ3) is 2.96. The Bertz CT molecular complexity index is 543. The van der Waals surface area contributed by atoms with Crippen LogP contribution in [-0.2, 0) is 6.54 Å². The summed E-state index contributed by atoms with van der Waals surface area (Å²) in [5, 5.41) is 13.6. The minimum Gasteiger partial charge on any atom is -0.389 e. The molecule has 0 saturated carbocycles. The first-order chi connectivity index (χ1) is 9.09. The lowest BCUT2D eigenvalue weighted by Gasteiger charge is -2.25. The van der Waals surface area contributed by atoms with E-state index in [1.807, 2.05) is 45.2 Å². The first kappa shape index (κ1) is 14.0. The standard InChI is InChI=1S/C15H23N3O/c1-4-15(19,5-2)11-16-10-13-12(3)17-14-8-6-7-9-18(13)14/h6-9,16,19H,4-5,10-11H2,1-3H3. The number of pyridine rings is 1. The molecule has 4 nitrogen and oxygen atoms in total. The zero-order chi connectivity index (χ0) is 13.9. The highest BCUT2D eigenvalue weighted by Crippen LogP contribution is 2.15. The van der Waals surface area contributed by atoms with Gasteiger partial charge in [0.05, 0.1) is 17.0 Å². The van der Waals surface area contributed by atoms with Crippen molar-refractivity contribution >= 4 is 5.65 Å². The Balaban J connectivity index is 2.08. The van der Waals surface area contributed by atoms with Gasteiger partial charge in [0.1, 0.15) is 5.65 Å². The van der Waals surface area contributed by atoms with Gasteiger partial charge in [-0.25, -0.2) is 4.98 Å². The molecule has 0 aliphatic rings. The Morgan fingerprint density at radius 2 is 2.05 bits per heavy atom. The van der Waals surface area contributed by atoms with Crippen molar-refractivity contribution in [3.63, 3.8) is 0 Å². The minimum atomic E-state index is -0.603. The van der Waals surface area contributed by atoms with Gasteiger partial charge in [0.25, 0.3) is 0 Å². The number of nitrogens with one attached hydrogen (secondary N) is 1. The van der Waals surface area contributed by atoms with Gasteiger partial charge in [-0.2, -0.15) is 0 Å². The molecule has 2 aromatic rings.